The number of hydrogen-bond donors (Lipinski definition) is 0. The first-order valence-corrected chi connectivity index (χ1v) is 6.49. The Labute approximate surface area is 113 Å². The SMILES string of the molecule is COC(=O)c1cc(C)ccc1C#CC1CCOCC1. The largest absolute Gasteiger partial charge is 0.465 e. The molecule has 0 radical (unpaired) electrons. The molecule has 0 saturated carbocycles. The van der Waals surface area contributed by atoms with Gasteiger partial charge in [0.25, 0.3) is 0 Å². The highest BCUT2D eigenvalue weighted by Gasteiger charge is 2.12. The quantitative estimate of drug-likeness (QED) is 0.573. The standard InChI is InChI=1S/C16H18O3/c1-12-3-5-14(15(11-12)16(17)18-2)6-4-13-7-9-19-10-8-13/h3,5,11,13H,7-10H2,1-2H3. The molecule has 1 aliphatic heterocycles. The lowest BCUT2D eigenvalue weighted by Gasteiger charge is -2.16. The summed E-state index contributed by atoms with van der Waals surface area (Å²) in [7, 11) is 1.39. The highest BCUT2D eigenvalue weighted by atomic mass is 16.5. The van der Waals surface area contributed by atoms with Gasteiger partial charge in [0.2, 0.25) is 0 Å². The lowest BCUT2D eigenvalue weighted by atomic mass is 9.99. The lowest BCUT2D eigenvalue weighted by molar-refractivity contribution is 0.0600. The number of carbonyl (C=O) groups excluding carboxylic acids is 1. The minimum atomic E-state index is -0.333. The third-order valence-corrected chi connectivity index (χ3v) is 3.21. The molecule has 0 spiro atoms. The molecule has 0 amide bonds. The summed E-state index contributed by atoms with van der Waals surface area (Å²) < 4.78 is 10.1. The van der Waals surface area contributed by atoms with E-state index >= 15 is 0 Å². The van der Waals surface area contributed by atoms with Crippen LogP contribution in [0.25, 0.3) is 0 Å². The van der Waals surface area contributed by atoms with Gasteiger partial charge < -0.3 is 9.47 Å². The van der Waals surface area contributed by atoms with E-state index in [1.54, 1.807) is 0 Å². The Balaban J connectivity index is 2.24. The topological polar surface area (TPSA) is 35.5 Å². The maximum Gasteiger partial charge on any atom is 0.339 e. The summed E-state index contributed by atoms with van der Waals surface area (Å²) in [5.41, 5.74) is 2.31. The van der Waals surface area contributed by atoms with Crippen molar-refractivity contribution in [2.75, 3.05) is 20.3 Å². The predicted octanol–water partition coefficient (Wildman–Crippen LogP) is 2.56. The maximum absolute atomic E-state index is 11.7. The summed E-state index contributed by atoms with van der Waals surface area (Å²) in [4.78, 5) is 11.7. The summed E-state index contributed by atoms with van der Waals surface area (Å²) in [5.74, 6) is 6.39. The number of rotatable bonds is 1. The molecule has 0 N–H and O–H groups in total. The monoisotopic (exact) mass is 258 g/mol. The van der Waals surface area contributed by atoms with E-state index in [0.29, 0.717) is 11.5 Å². The summed E-state index contributed by atoms with van der Waals surface area (Å²) in [6, 6.07) is 5.66. The predicted molar refractivity (Wildman–Crippen MR) is 72.9 cm³/mol. The van der Waals surface area contributed by atoms with Crippen LogP contribution in [0.2, 0.25) is 0 Å². The van der Waals surface area contributed by atoms with Crippen LogP contribution in [0.1, 0.15) is 34.3 Å². The van der Waals surface area contributed by atoms with Crippen LogP contribution < -0.4 is 0 Å². The van der Waals surface area contributed by atoms with Gasteiger partial charge in [0.05, 0.1) is 12.7 Å². The van der Waals surface area contributed by atoms with Crippen molar-refractivity contribution in [3.05, 3.63) is 34.9 Å². The average molecular weight is 258 g/mol. The Bertz CT molecular complexity index is 517. The zero-order valence-corrected chi connectivity index (χ0v) is 11.4. The van der Waals surface area contributed by atoms with Crippen LogP contribution in [0.3, 0.4) is 0 Å². The van der Waals surface area contributed by atoms with Crippen LogP contribution in [0.5, 0.6) is 0 Å². The van der Waals surface area contributed by atoms with Gasteiger partial charge in [0.1, 0.15) is 0 Å². The van der Waals surface area contributed by atoms with Crippen molar-refractivity contribution in [1.82, 2.24) is 0 Å². The molecule has 19 heavy (non-hydrogen) atoms. The molecule has 0 aromatic heterocycles. The zero-order chi connectivity index (χ0) is 13.7. The highest BCUT2D eigenvalue weighted by molar-refractivity contribution is 5.92. The van der Waals surface area contributed by atoms with Gasteiger partial charge in [0.15, 0.2) is 0 Å². The first-order chi connectivity index (χ1) is 9.20. The number of ether oxygens (including phenoxy) is 2. The number of hydrogen-bond acceptors (Lipinski definition) is 3. The highest BCUT2D eigenvalue weighted by Crippen LogP contribution is 2.15. The van der Waals surface area contributed by atoms with Crippen molar-refractivity contribution >= 4 is 5.97 Å². The van der Waals surface area contributed by atoms with Crippen molar-refractivity contribution in [2.24, 2.45) is 5.92 Å². The minimum absolute atomic E-state index is 0.333. The van der Waals surface area contributed by atoms with E-state index in [-0.39, 0.29) is 5.97 Å². The van der Waals surface area contributed by atoms with Gasteiger partial charge in [-0.3, -0.25) is 0 Å². The van der Waals surface area contributed by atoms with Crippen LogP contribution >= 0.6 is 0 Å². The number of aryl methyl sites for hydroxylation is 1. The van der Waals surface area contributed by atoms with Gasteiger partial charge >= 0.3 is 5.97 Å². The number of carbonyl (C=O) groups is 1. The van der Waals surface area contributed by atoms with Gasteiger partial charge in [-0.2, -0.15) is 0 Å². The minimum Gasteiger partial charge on any atom is -0.465 e. The van der Waals surface area contributed by atoms with Crippen LogP contribution in [0, 0.1) is 24.7 Å². The molecule has 1 heterocycles. The average Bonchev–Trinajstić information content (AvgIpc) is 2.46. The normalized spacial score (nSPS) is 15.5. The second-order valence-corrected chi connectivity index (χ2v) is 4.70. The van der Waals surface area contributed by atoms with Gasteiger partial charge in [0, 0.05) is 24.7 Å². The maximum atomic E-state index is 11.7. The van der Waals surface area contributed by atoms with Crippen molar-refractivity contribution in [3.63, 3.8) is 0 Å². The van der Waals surface area contributed by atoms with Crippen molar-refractivity contribution in [3.8, 4) is 11.8 Å². The van der Waals surface area contributed by atoms with E-state index in [0.717, 1.165) is 37.2 Å². The second kappa shape index (κ2) is 6.40. The van der Waals surface area contributed by atoms with Crippen LogP contribution in [0.4, 0.5) is 0 Å². The molecule has 1 aromatic carbocycles. The molecule has 1 fully saturated rings. The van der Waals surface area contributed by atoms with Gasteiger partial charge in [-0.05, 0) is 31.9 Å². The van der Waals surface area contributed by atoms with Gasteiger partial charge in [-0.1, -0.05) is 23.5 Å². The summed E-state index contributed by atoms with van der Waals surface area (Å²) in [6.07, 6.45) is 1.93. The molecule has 2 rings (SSSR count). The molecule has 0 bridgehead atoms. The molecule has 1 aromatic rings. The zero-order valence-electron chi connectivity index (χ0n) is 11.4. The summed E-state index contributed by atoms with van der Waals surface area (Å²) >= 11 is 0. The first-order valence-electron chi connectivity index (χ1n) is 6.49. The Morgan fingerprint density at radius 1 is 1.37 bits per heavy atom. The Morgan fingerprint density at radius 2 is 2.11 bits per heavy atom. The van der Waals surface area contributed by atoms with Crippen molar-refractivity contribution in [2.45, 2.75) is 19.8 Å². The summed E-state index contributed by atoms with van der Waals surface area (Å²) in [6.45, 7) is 3.50. The fourth-order valence-electron chi connectivity index (χ4n) is 2.07. The third-order valence-electron chi connectivity index (χ3n) is 3.21. The number of methoxy groups -OCH3 is 1. The molecule has 1 saturated heterocycles. The molecule has 100 valence electrons. The van der Waals surface area contributed by atoms with Crippen molar-refractivity contribution in [1.29, 1.82) is 0 Å². The number of esters is 1. The Morgan fingerprint density at radius 3 is 2.79 bits per heavy atom. The Kier molecular flexibility index (Phi) is 4.59. The lowest BCUT2D eigenvalue weighted by Crippen LogP contribution is -2.14. The first kappa shape index (κ1) is 13.6. The van der Waals surface area contributed by atoms with Gasteiger partial charge in [-0.15, -0.1) is 0 Å². The molecular weight excluding hydrogens is 240 g/mol. The van der Waals surface area contributed by atoms with E-state index in [2.05, 4.69) is 11.8 Å². The molecule has 1 aliphatic rings. The number of benzene rings is 1. The fourth-order valence-corrected chi connectivity index (χ4v) is 2.07. The van der Waals surface area contributed by atoms with E-state index in [1.165, 1.54) is 7.11 Å². The van der Waals surface area contributed by atoms with Crippen molar-refractivity contribution < 1.29 is 14.3 Å². The van der Waals surface area contributed by atoms with E-state index < -0.39 is 0 Å². The molecule has 3 nitrogen and oxygen atoms in total. The smallest absolute Gasteiger partial charge is 0.339 e. The summed E-state index contributed by atoms with van der Waals surface area (Å²) in [5, 5.41) is 0. The molecular formula is C16H18O3. The second-order valence-electron chi connectivity index (χ2n) is 4.70. The van der Waals surface area contributed by atoms with Crippen LogP contribution in [-0.2, 0) is 9.47 Å². The molecule has 0 aliphatic carbocycles. The Hall–Kier alpha value is -1.79. The van der Waals surface area contributed by atoms with Gasteiger partial charge in [-0.25, -0.2) is 4.79 Å². The third kappa shape index (κ3) is 3.59. The van der Waals surface area contributed by atoms with Crippen LogP contribution in [-0.4, -0.2) is 26.3 Å². The van der Waals surface area contributed by atoms with E-state index in [1.807, 2.05) is 25.1 Å². The fraction of sp³-hybridized carbons (Fsp3) is 0.438. The molecule has 0 unspecified atom stereocenters. The van der Waals surface area contributed by atoms with Crippen LogP contribution in [0.15, 0.2) is 18.2 Å². The van der Waals surface area contributed by atoms with E-state index in [9.17, 15) is 4.79 Å². The molecule has 0 atom stereocenters. The van der Waals surface area contributed by atoms with E-state index in [4.69, 9.17) is 9.47 Å². The molecule has 3 heteroatoms.